The van der Waals surface area contributed by atoms with E-state index in [1.54, 1.807) is 24.5 Å². The Morgan fingerprint density at radius 3 is 2.28 bits per heavy atom. The van der Waals surface area contributed by atoms with E-state index in [9.17, 15) is 18.0 Å². The highest BCUT2D eigenvalue weighted by Crippen LogP contribution is 2.33. The zero-order chi connectivity index (χ0) is 13.3. The van der Waals surface area contributed by atoms with Crippen LogP contribution < -0.4 is 0 Å². The summed E-state index contributed by atoms with van der Waals surface area (Å²) in [5.41, 5.74) is -1.54. The average Bonchev–Trinajstić information content (AvgIpc) is 2.80. The van der Waals surface area contributed by atoms with Crippen molar-refractivity contribution in [2.75, 3.05) is 0 Å². The molecule has 0 unspecified atom stereocenters. The highest BCUT2D eigenvalue weighted by atomic mass is 19.4. The fourth-order valence-corrected chi connectivity index (χ4v) is 1.62. The summed E-state index contributed by atoms with van der Waals surface area (Å²) in [5.74, 6) is -1.60. The molecule has 0 saturated carbocycles. The monoisotopic (exact) mass is 255 g/mol. The molecule has 1 aromatic carbocycles. The Balaban J connectivity index is 2.58. The Hall–Kier alpha value is -2.24. The van der Waals surface area contributed by atoms with E-state index in [1.165, 1.54) is 10.6 Å². The van der Waals surface area contributed by atoms with Crippen molar-refractivity contribution in [3.05, 3.63) is 53.9 Å². The first-order chi connectivity index (χ1) is 8.39. The van der Waals surface area contributed by atoms with Crippen LogP contribution in [0.2, 0.25) is 0 Å². The van der Waals surface area contributed by atoms with Crippen LogP contribution >= 0.6 is 0 Å². The standard InChI is InChI=1S/C12H8F3NO2/c13-12(14,15)10-4-3-8(7-9(10)11(17)18)16-5-1-2-6-16/h1-7H,(H,17,18). The maximum atomic E-state index is 12.6. The molecular weight excluding hydrogens is 247 g/mol. The van der Waals surface area contributed by atoms with Crippen LogP contribution in [0.5, 0.6) is 0 Å². The zero-order valence-electron chi connectivity index (χ0n) is 8.98. The van der Waals surface area contributed by atoms with Gasteiger partial charge in [-0.25, -0.2) is 4.79 Å². The number of alkyl halides is 3. The number of nitrogens with zero attached hydrogens (tertiary/aromatic N) is 1. The minimum absolute atomic E-state index is 0.366. The minimum Gasteiger partial charge on any atom is -0.478 e. The van der Waals surface area contributed by atoms with Crippen molar-refractivity contribution in [1.29, 1.82) is 0 Å². The predicted molar refractivity (Wildman–Crippen MR) is 57.7 cm³/mol. The normalized spacial score (nSPS) is 11.5. The van der Waals surface area contributed by atoms with Crippen LogP contribution in [0, 0.1) is 0 Å². The SMILES string of the molecule is O=C(O)c1cc(-n2cccc2)ccc1C(F)(F)F. The molecule has 0 aliphatic carbocycles. The number of aromatic carboxylic acids is 1. The highest BCUT2D eigenvalue weighted by molar-refractivity contribution is 5.90. The number of hydrogen-bond donors (Lipinski definition) is 1. The molecule has 6 heteroatoms. The van der Waals surface area contributed by atoms with Gasteiger partial charge in [-0.05, 0) is 30.3 Å². The minimum atomic E-state index is -4.68. The number of hydrogen-bond acceptors (Lipinski definition) is 1. The van der Waals surface area contributed by atoms with Gasteiger partial charge in [-0.3, -0.25) is 0 Å². The summed E-state index contributed by atoms with van der Waals surface area (Å²) in [6.07, 6.45) is -1.44. The molecule has 1 heterocycles. The first kappa shape index (κ1) is 12.2. The summed E-state index contributed by atoms with van der Waals surface area (Å²) in [5, 5.41) is 8.84. The third-order valence-corrected chi connectivity index (χ3v) is 2.44. The second-order valence-corrected chi connectivity index (χ2v) is 3.62. The van der Waals surface area contributed by atoms with Gasteiger partial charge in [0, 0.05) is 18.1 Å². The summed E-state index contributed by atoms with van der Waals surface area (Å²) in [6, 6.07) is 6.40. The van der Waals surface area contributed by atoms with Crippen molar-refractivity contribution in [3.63, 3.8) is 0 Å². The number of benzene rings is 1. The van der Waals surface area contributed by atoms with Crippen molar-refractivity contribution < 1.29 is 23.1 Å². The number of aromatic nitrogens is 1. The van der Waals surface area contributed by atoms with Crippen LogP contribution in [-0.2, 0) is 6.18 Å². The number of carboxylic acids is 1. The van der Waals surface area contributed by atoms with Crippen LogP contribution in [0.3, 0.4) is 0 Å². The average molecular weight is 255 g/mol. The Labute approximate surface area is 100 Å². The van der Waals surface area contributed by atoms with E-state index in [2.05, 4.69) is 0 Å². The molecule has 1 aromatic heterocycles. The molecule has 2 rings (SSSR count). The summed E-state index contributed by atoms with van der Waals surface area (Å²) >= 11 is 0. The summed E-state index contributed by atoms with van der Waals surface area (Å²) in [4.78, 5) is 10.9. The van der Waals surface area contributed by atoms with Crippen LogP contribution in [-0.4, -0.2) is 15.6 Å². The maximum Gasteiger partial charge on any atom is 0.417 e. The Kier molecular flexibility index (Phi) is 2.86. The van der Waals surface area contributed by atoms with Crippen molar-refractivity contribution in [3.8, 4) is 5.69 Å². The van der Waals surface area contributed by atoms with Crippen molar-refractivity contribution >= 4 is 5.97 Å². The molecule has 0 spiro atoms. The molecule has 0 bridgehead atoms. The van der Waals surface area contributed by atoms with Crippen LogP contribution in [0.25, 0.3) is 5.69 Å². The predicted octanol–water partition coefficient (Wildman–Crippen LogP) is 3.19. The topological polar surface area (TPSA) is 42.2 Å². The summed E-state index contributed by atoms with van der Waals surface area (Å²) < 4.78 is 39.4. The molecule has 0 radical (unpaired) electrons. The molecule has 94 valence electrons. The molecule has 0 aliphatic heterocycles. The fraction of sp³-hybridized carbons (Fsp3) is 0.0833. The van der Waals surface area contributed by atoms with Crippen LogP contribution in [0.4, 0.5) is 13.2 Å². The van der Waals surface area contributed by atoms with E-state index in [0.717, 1.165) is 12.1 Å². The Bertz CT molecular complexity index is 574. The van der Waals surface area contributed by atoms with Crippen molar-refractivity contribution in [1.82, 2.24) is 4.57 Å². The molecular formula is C12H8F3NO2. The lowest BCUT2D eigenvalue weighted by atomic mass is 10.1. The van der Waals surface area contributed by atoms with E-state index in [-0.39, 0.29) is 0 Å². The van der Waals surface area contributed by atoms with Crippen LogP contribution in [0.1, 0.15) is 15.9 Å². The van der Waals surface area contributed by atoms with Gasteiger partial charge < -0.3 is 9.67 Å². The summed E-state index contributed by atoms with van der Waals surface area (Å²) in [7, 11) is 0. The molecule has 3 nitrogen and oxygen atoms in total. The first-order valence-corrected chi connectivity index (χ1v) is 4.97. The molecule has 18 heavy (non-hydrogen) atoms. The lowest BCUT2D eigenvalue weighted by Gasteiger charge is -2.12. The van der Waals surface area contributed by atoms with E-state index in [0.29, 0.717) is 5.69 Å². The lowest BCUT2D eigenvalue weighted by molar-refractivity contribution is -0.138. The van der Waals surface area contributed by atoms with E-state index < -0.39 is 23.3 Å². The van der Waals surface area contributed by atoms with Crippen molar-refractivity contribution in [2.24, 2.45) is 0 Å². The van der Waals surface area contributed by atoms with E-state index in [4.69, 9.17) is 5.11 Å². The maximum absolute atomic E-state index is 12.6. The van der Waals surface area contributed by atoms with E-state index >= 15 is 0 Å². The van der Waals surface area contributed by atoms with Gasteiger partial charge in [-0.1, -0.05) is 0 Å². The number of halogens is 3. The molecule has 0 fully saturated rings. The number of carboxylic acid groups (broad SMARTS) is 1. The third-order valence-electron chi connectivity index (χ3n) is 2.44. The zero-order valence-corrected chi connectivity index (χ0v) is 8.98. The van der Waals surface area contributed by atoms with Gasteiger partial charge in [0.1, 0.15) is 0 Å². The smallest absolute Gasteiger partial charge is 0.417 e. The first-order valence-electron chi connectivity index (χ1n) is 4.97. The number of carbonyl (C=O) groups is 1. The molecule has 2 aromatic rings. The molecule has 0 aliphatic rings. The highest BCUT2D eigenvalue weighted by Gasteiger charge is 2.35. The van der Waals surface area contributed by atoms with Gasteiger partial charge in [0.15, 0.2) is 0 Å². The molecule has 0 amide bonds. The van der Waals surface area contributed by atoms with Gasteiger partial charge >= 0.3 is 12.1 Å². The van der Waals surface area contributed by atoms with Gasteiger partial charge in [0.05, 0.1) is 11.1 Å². The molecule has 1 N–H and O–H groups in total. The largest absolute Gasteiger partial charge is 0.478 e. The Morgan fingerprint density at radius 1 is 1.17 bits per heavy atom. The third kappa shape index (κ3) is 2.22. The fourth-order valence-electron chi connectivity index (χ4n) is 1.62. The van der Waals surface area contributed by atoms with E-state index in [1.807, 2.05) is 0 Å². The Morgan fingerprint density at radius 2 is 1.78 bits per heavy atom. The van der Waals surface area contributed by atoms with Crippen molar-refractivity contribution in [2.45, 2.75) is 6.18 Å². The second-order valence-electron chi connectivity index (χ2n) is 3.62. The molecule has 0 saturated heterocycles. The second kappa shape index (κ2) is 4.21. The van der Waals surface area contributed by atoms with Gasteiger partial charge in [0.25, 0.3) is 0 Å². The quantitative estimate of drug-likeness (QED) is 0.895. The number of rotatable bonds is 2. The van der Waals surface area contributed by atoms with Gasteiger partial charge in [-0.2, -0.15) is 13.2 Å². The molecule has 0 atom stereocenters. The van der Waals surface area contributed by atoms with Crippen LogP contribution in [0.15, 0.2) is 42.7 Å². The van der Waals surface area contributed by atoms with Gasteiger partial charge in [0.2, 0.25) is 0 Å². The van der Waals surface area contributed by atoms with Gasteiger partial charge in [-0.15, -0.1) is 0 Å². The summed E-state index contributed by atoms with van der Waals surface area (Å²) in [6.45, 7) is 0. The lowest BCUT2D eigenvalue weighted by Crippen LogP contribution is -2.13.